The Morgan fingerprint density at radius 3 is 2.82 bits per heavy atom. The first-order chi connectivity index (χ1) is 13.6. The number of thioether (sulfide) groups is 1. The highest BCUT2D eigenvalue weighted by atomic mass is 32.2. The summed E-state index contributed by atoms with van der Waals surface area (Å²) >= 11 is 6.82. The number of amides is 1. The Kier molecular flexibility index (Phi) is 7.57. The predicted molar refractivity (Wildman–Crippen MR) is 120 cm³/mol. The number of methoxy groups -OCH3 is 1. The highest BCUT2D eigenvalue weighted by Gasteiger charge is 2.31. The summed E-state index contributed by atoms with van der Waals surface area (Å²) in [6, 6.07) is 5.79. The molecule has 0 radical (unpaired) electrons. The lowest BCUT2D eigenvalue weighted by molar-refractivity contribution is -0.122. The molecule has 1 aromatic rings. The number of carbonyl (C=O) groups excluding carboxylic acids is 1. The first-order valence-electron chi connectivity index (χ1n) is 9.89. The van der Waals surface area contributed by atoms with Crippen molar-refractivity contribution >= 4 is 40.3 Å². The Morgan fingerprint density at radius 1 is 1.25 bits per heavy atom. The van der Waals surface area contributed by atoms with E-state index in [2.05, 4.69) is 6.92 Å². The molecule has 0 unspecified atom stereocenters. The summed E-state index contributed by atoms with van der Waals surface area (Å²) in [5, 5.41) is 0. The van der Waals surface area contributed by atoms with Gasteiger partial charge in [0.1, 0.15) is 10.9 Å². The number of nitrogens with zero attached hydrogens (tertiary/aromatic N) is 1. The molecule has 0 atom stereocenters. The molecule has 0 N–H and O–H groups in total. The van der Waals surface area contributed by atoms with Gasteiger partial charge >= 0.3 is 0 Å². The summed E-state index contributed by atoms with van der Waals surface area (Å²) in [5.74, 6) is 1.48. The van der Waals surface area contributed by atoms with Crippen molar-refractivity contribution in [3.8, 4) is 11.5 Å². The number of fused-ring (bicyclic) bond motifs is 1. The molecule has 2 aliphatic heterocycles. The number of thiocarbonyl (C=S) groups is 1. The molecule has 4 nitrogen and oxygen atoms in total. The van der Waals surface area contributed by atoms with Crippen LogP contribution in [0.3, 0.4) is 0 Å². The Balaban J connectivity index is 1.62. The number of rotatable bonds is 9. The minimum absolute atomic E-state index is 0.0147. The Bertz CT molecular complexity index is 801. The molecule has 0 aromatic heterocycles. The second kappa shape index (κ2) is 10.1. The SMILES string of the molecule is CCCCCCCCN1C(=O)/C(=C/C2=Cc3cccc(OC)c3OC2)SC1=S. The van der Waals surface area contributed by atoms with Crippen molar-refractivity contribution in [2.45, 2.75) is 45.4 Å². The molecular formula is C22H27NO3S2. The van der Waals surface area contributed by atoms with Crippen LogP contribution in [-0.4, -0.2) is 35.4 Å². The van der Waals surface area contributed by atoms with Crippen LogP contribution in [0.4, 0.5) is 0 Å². The first-order valence-corrected chi connectivity index (χ1v) is 11.1. The molecule has 6 heteroatoms. The lowest BCUT2D eigenvalue weighted by Crippen LogP contribution is -2.29. The molecule has 1 amide bonds. The average molecular weight is 418 g/mol. The minimum Gasteiger partial charge on any atom is -0.493 e. The monoisotopic (exact) mass is 417 g/mol. The molecule has 2 aliphatic rings. The molecule has 0 aliphatic carbocycles. The number of ether oxygens (including phenoxy) is 2. The fraction of sp³-hybridized carbons (Fsp3) is 0.455. The van der Waals surface area contributed by atoms with E-state index in [4.69, 9.17) is 21.7 Å². The molecule has 0 saturated carbocycles. The van der Waals surface area contributed by atoms with Gasteiger partial charge in [0.25, 0.3) is 5.91 Å². The molecule has 150 valence electrons. The van der Waals surface area contributed by atoms with Gasteiger partial charge in [-0.2, -0.15) is 0 Å². The first kappa shape index (κ1) is 20.9. The lowest BCUT2D eigenvalue weighted by atomic mass is 10.1. The van der Waals surface area contributed by atoms with Gasteiger partial charge in [0, 0.05) is 12.1 Å². The Morgan fingerprint density at radius 2 is 2.04 bits per heavy atom. The van der Waals surface area contributed by atoms with Crippen molar-refractivity contribution in [2.75, 3.05) is 20.3 Å². The summed E-state index contributed by atoms with van der Waals surface area (Å²) in [5.41, 5.74) is 1.92. The van der Waals surface area contributed by atoms with Crippen molar-refractivity contribution in [2.24, 2.45) is 0 Å². The molecule has 1 aromatic carbocycles. The van der Waals surface area contributed by atoms with Crippen LogP contribution in [-0.2, 0) is 4.79 Å². The maximum atomic E-state index is 12.8. The fourth-order valence-electron chi connectivity index (χ4n) is 3.35. The summed E-state index contributed by atoms with van der Waals surface area (Å²) in [6.45, 7) is 3.34. The van der Waals surface area contributed by atoms with E-state index in [9.17, 15) is 4.79 Å². The largest absolute Gasteiger partial charge is 0.493 e. The number of hydrogen-bond acceptors (Lipinski definition) is 5. The van der Waals surface area contributed by atoms with Crippen LogP contribution < -0.4 is 9.47 Å². The second-order valence-corrected chi connectivity index (χ2v) is 8.66. The van der Waals surface area contributed by atoms with Gasteiger partial charge < -0.3 is 9.47 Å². The number of benzene rings is 1. The summed E-state index contributed by atoms with van der Waals surface area (Å²) < 4.78 is 11.9. The fourth-order valence-corrected chi connectivity index (χ4v) is 4.68. The van der Waals surface area contributed by atoms with E-state index in [1.54, 1.807) is 12.0 Å². The van der Waals surface area contributed by atoms with Crippen LogP contribution in [0.2, 0.25) is 0 Å². The van der Waals surface area contributed by atoms with Crippen molar-refractivity contribution in [1.82, 2.24) is 4.90 Å². The molecule has 1 fully saturated rings. The van der Waals surface area contributed by atoms with Crippen LogP contribution in [0, 0.1) is 0 Å². The number of hydrogen-bond donors (Lipinski definition) is 0. The Hall–Kier alpha value is -1.79. The molecule has 3 rings (SSSR count). The predicted octanol–water partition coefficient (Wildman–Crippen LogP) is 5.58. The van der Waals surface area contributed by atoms with E-state index in [0.29, 0.717) is 22.4 Å². The summed E-state index contributed by atoms with van der Waals surface area (Å²) in [4.78, 5) is 15.2. The van der Waals surface area contributed by atoms with Gasteiger partial charge in [-0.1, -0.05) is 75.1 Å². The van der Waals surface area contributed by atoms with Gasteiger partial charge in [0.15, 0.2) is 11.5 Å². The topological polar surface area (TPSA) is 38.8 Å². The average Bonchev–Trinajstić information content (AvgIpc) is 2.97. The highest BCUT2D eigenvalue weighted by Crippen LogP contribution is 2.37. The lowest BCUT2D eigenvalue weighted by Gasteiger charge is -2.18. The quantitative estimate of drug-likeness (QED) is 0.298. The van der Waals surface area contributed by atoms with E-state index in [0.717, 1.165) is 35.5 Å². The van der Waals surface area contributed by atoms with Gasteiger partial charge in [0.2, 0.25) is 0 Å². The Labute approximate surface area is 177 Å². The van der Waals surface area contributed by atoms with Crippen molar-refractivity contribution in [1.29, 1.82) is 0 Å². The van der Waals surface area contributed by atoms with Crippen molar-refractivity contribution < 1.29 is 14.3 Å². The normalized spacial score (nSPS) is 17.6. The molecule has 28 heavy (non-hydrogen) atoms. The van der Waals surface area contributed by atoms with Gasteiger partial charge in [-0.15, -0.1) is 0 Å². The zero-order valence-corrected chi connectivity index (χ0v) is 18.2. The molecule has 0 bridgehead atoms. The van der Waals surface area contributed by atoms with Crippen LogP contribution in [0.5, 0.6) is 11.5 Å². The molecule has 1 saturated heterocycles. The van der Waals surface area contributed by atoms with Crippen LogP contribution in [0.1, 0.15) is 51.0 Å². The third-order valence-corrected chi connectivity index (χ3v) is 6.26. The van der Waals surface area contributed by atoms with Gasteiger partial charge in [0.05, 0.1) is 12.0 Å². The van der Waals surface area contributed by atoms with E-state index >= 15 is 0 Å². The zero-order chi connectivity index (χ0) is 19.9. The third-order valence-electron chi connectivity index (χ3n) is 4.88. The van der Waals surface area contributed by atoms with Crippen molar-refractivity contribution in [3.63, 3.8) is 0 Å². The molecular weight excluding hydrogens is 390 g/mol. The molecule has 2 heterocycles. The smallest absolute Gasteiger partial charge is 0.266 e. The number of unbranched alkanes of at least 4 members (excludes halogenated alkanes) is 5. The van der Waals surface area contributed by atoms with E-state index in [-0.39, 0.29) is 5.91 Å². The van der Waals surface area contributed by atoms with Gasteiger partial charge in [-0.05, 0) is 30.2 Å². The number of carbonyl (C=O) groups is 1. The number of para-hydroxylation sites is 1. The van der Waals surface area contributed by atoms with E-state index in [1.165, 1.54) is 37.4 Å². The third kappa shape index (κ3) is 4.97. The zero-order valence-electron chi connectivity index (χ0n) is 16.5. The van der Waals surface area contributed by atoms with Gasteiger partial charge in [-0.25, -0.2) is 0 Å². The minimum atomic E-state index is 0.0147. The van der Waals surface area contributed by atoms with E-state index in [1.807, 2.05) is 30.4 Å². The standard InChI is InChI=1S/C22H27NO3S2/c1-3-4-5-6-7-8-12-23-21(24)19(28-22(23)27)14-16-13-17-10-9-11-18(25-2)20(17)26-15-16/h9-11,13-14H,3-8,12,15H2,1-2H3/b19-14-. The summed E-state index contributed by atoms with van der Waals surface area (Å²) in [7, 11) is 1.63. The highest BCUT2D eigenvalue weighted by molar-refractivity contribution is 8.26. The van der Waals surface area contributed by atoms with Crippen LogP contribution in [0.15, 0.2) is 34.8 Å². The molecule has 0 spiro atoms. The maximum absolute atomic E-state index is 12.8. The van der Waals surface area contributed by atoms with Crippen LogP contribution >= 0.6 is 24.0 Å². The van der Waals surface area contributed by atoms with E-state index < -0.39 is 0 Å². The van der Waals surface area contributed by atoms with Gasteiger partial charge in [-0.3, -0.25) is 9.69 Å². The van der Waals surface area contributed by atoms with Crippen molar-refractivity contribution in [3.05, 3.63) is 40.3 Å². The van der Waals surface area contributed by atoms with Crippen LogP contribution in [0.25, 0.3) is 6.08 Å². The summed E-state index contributed by atoms with van der Waals surface area (Å²) in [6.07, 6.45) is 11.1. The second-order valence-electron chi connectivity index (χ2n) is 6.99. The maximum Gasteiger partial charge on any atom is 0.266 e.